The topological polar surface area (TPSA) is 21.3 Å². The van der Waals surface area contributed by atoms with Crippen molar-refractivity contribution in [3.05, 3.63) is 12.7 Å². The Labute approximate surface area is 81.4 Å². The minimum Gasteiger partial charge on any atom is -0.378 e. The van der Waals surface area contributed by atoms with E-state index in [-0.39, 0.29) is 0 Å². The largest absolute Gasteiger partial charge is 0.378 e. The molecule has 0 saturated carbocycles. The summed E-state index contributed by atoms with van der Waals surface area (Å²) in [5.74, 6) is 0. The molecule has 2 nitrogen and oxygen atoms in total. The Morgan fingerprint density at radius 2 is 2.54 bits per heavy atom. The van der Waals surface area contributed by atoms with Gasteiger partial charge in [0.2, 0.25) is 0 Å². The molecule has 1 saturated heterocycles. The molecule has 0 aromatic carbocycles. The van der Waals surface area contributed by atoms with Crippen molar-refractivity contribution in [1.82, 2.24) is 5.32 Å². The van der Waals surface area contributed by atoms with Crippen LogP contribution in [0.15, 0.2) is 12.7 Å². The van der Waals surface area contributed by atoms with Crippen molar-refractivity contribution in [2.45, 2.75) is 44.2 Å². The van der Waals surface area contributed by atoms with Crippen molar-refractivity contribution in [3.8, 4) is 0 Å². The average Bonchev–Trinajstić information content (AvgIpc) is 2.64. The number of ether oxygens (including phenoxy) is 1. The summed E-state index contributed by atoms with van der Waals surface area (Å²) in [6, 6.07) is 0.598. The van der Waals surface area contributed by atoms with Crippen molar-refractivity contribution in [3.63, 3.8) is 0 Å². The highest BCUT2D eigenvalue weighted by molar-refractivity contribution is 4.77. The summed E-state index contributed by atoms with van der Waals surface area (Å²) in [5.41, 5.74) is 0. The van der Waals surface area contributed by atoms with Crippen LogP contribution in [0.25, 0.3) is 0 Å². The first-order chi connectivity index (χ1) is 6.36. The van der Waals surface area contributed by atoms with Crippen LogP contribution in [0.5, 0.6) is 0 Å². The Hall–Kier alpha value is -0.340. The highest BCUT2D eigenvalue weighted by atomic mass is 16.5. The van der Waals surface area contributed by atoms with Crippen LogP contribution in [0.1, 0.15) is 32.1 Å². The van der Waals surface area contributed by atoms with E-state index < -0.39 is 0 Å². The van der Waals surface area contributed by atoms with E-state index in [0.29, 0.717) is 12.1 Å². The predicted molar refractivity (Wildman–Crippen MR) is 55.9 cm³/mol. The van der Waals surface area contributed by atoms with E-state index in [1.54, 1.807) is 0 Å². The van der Waals surface area contributed by atoms with Crippen LogP contribution in [-0.2, 0) is 4.74 Å². The Kier molecular flexibility index (Phi) is 5.09. The fourth-order valence-electron chi connectivity index (χ4n) is 1.85. The third kappa shape index (κ3) is 3.92. The lowest BCUT2D eigenvalue weighted by Crippen LogP contribution is -2.29. The van der Waals surface area contributed by atoms with Crippen molar-refractivity contribution < 1.29 is 4.74 Å². The fraction of sp³-hybridized carbons (Fsp3) is 0.818. The quantitative estimate of drug-likeness (QED) is 0.637. The lowest BCUT2D eigenvalue weighted by atomic mass is 10.0. The Balaban J connectivity index is 2.17. The minimum absolute atomic E-state index is 0.502. The van der Waals surface area contributed by atoms with E-state index in [1.807, 2.05) is 13.1 Å². The number of allylic oxidation sites excluding steroid dienone is 1. The molecule has 76 valence electrons. The van der Waals surface area contributed by atoms with Crippen LogP contribution in [0.4, 0.5) is 0 Å². The molecule has 0 aromatic heterocycles. The van der Waals surface area contributed by atoms with E-state index in [4.69, 9.17) is 4.74 Å². The Morgan fingerprint density at radius 3 is 3.08 bits per heavy atom. The lowest BCUT2D eigenvalue weighted by molar-refractivity contribution is 0.0946. The fourth-order valence-corrected chi connectivity index (χ4v) is 1.85. The van der Waals surface area contributed by atoms with Crippen LogP contribution in [0.2, 0.25) is 0 Å². The van der Waals surface area contributed by atoms with Gasteiger partial charge < -0.3 is 10.1 Å². The van der Waals surface area contributed by atoms with Crippen molar-refractivity contribution in [1.29, 1.82) is 0 Å². The summed E-state index contributed by atoms with van der Waals surface area (Å²) in [6.07, 6.45) is 8.40. The predicted octanol–water partition coefficient (Wildman–Crippen LogP) is 2.11. The summed E-state index contributed by atoms with van der Waals surface area (Å²) in [7, 11) is 2.03. The van der Waals surface area contributed by atoms with E-state index >= 15 is 0 Å². The van der Waals surface area contributed by atoms with E-state index in [1.165, 1.54) is 19.3 Å². The molecule has 0 spiro atoms. The van der Waals surface area contributed by atoms with Gasteiger partial charge in [0.25, 0.3) is 0 Å². The van der Waals surface area contributed by atoms with Gasteiger partial charge in [0, 0.05) is 12.6 Å². The van der Waals surface area contributed by atoms with Crippen LogP contribution in [-0.4, -0.2) is 25.8 Å². The van der Waals surface area contributed by atoms with Crippen molar-refractivity contribution >= 4 is 0 Å². The van der Waals surface area contributed by atoms with E-state index in [2.05, 4.69) is 11.9 Å². The molecular weight excluding hydrogens is 162 g/mol. The second kappa shape index (κ2) is 6.17. The first kappa shape index (κ1) is 10.7. The maximum Gasteiger partial charge on any atom is 0.0590 e. The Bertz CT molecular complexity index is 141. The molecule has 0 amide bonds. The van der Waals surface area contributed by atoms with E-state index in [0.717, 1.165) is 19.4 Å². The van der Waals surface area contributed by atoms with Gasteiger partial charge in [0.05, 0.1) is 6.10 Å². The molecular formula is C11H21NO. The van der Waals surface area contributed by atoms with Crippen LogP contribution in [0, 0.1) is 0 Å². The molecule has 1 fully saturated rings. The van der Waals surface area contributed by atoms with Crippen LogP contribution in [0.3, 0.4) is 0 Å². The highest BCUT2D eigenvalue weighted by Gasteiger charge is 2.19. The van der Waals surface area contributed by atoms with Gasteiger partial charge in [-0.25, -0.2) is 0 Å². The first-order valence-electron chi connectivity index (χ1n) is 5.26. The molecule has 1 aliphatic rings. The van der Waals surface area contributed by atoms with Gasteiger partial charge in [-0.3, -0.25) is 0 Å². The SMILES string of the molecule is C=CCCC(CC1CCCO1)NC. The summed E-state index contributed by atoms with van der Waals surface area (Å²) in [4.78, 5) is 0. The van der Waals surface area contributed by atoms with Gasteiger partial charge in [0.1, 0.15) is 0 Å². The lowest BCUT2D eigenvalue weighted by Gasteiger charge is -2.18. The zero-order valence-corrected chi connectivity index (χ0v) is 8.59. The first-order valence-corrected chi connectivity index (χ1v) is 5.26. The summed E-state index contributed by atoms with van der Waals surface area (Å²) < 4.78 is 5.60. The molecule has 0 aliphatic carbocycles. The minimum atomic E-state index is 0.502. The number of rotatable bonds is 6. The molecule has 0 bridgehead atoms. The maximum atomic E-state index is 5.60. The molecule has 1 N–H and O–H groups in total. The molecule has 13 heavy (non-hydrogen) atoms. The van der Waals surface area contributed by atoms with Gasteiger partial charge in [-0.1, -0.05) is 6.08 Å². The third-order valence-corrected chi connectivity index (χ3v) is 2.70. The van der Waals surface area contributed by atoms with Gasteiger partial charge >= 0.3 is 0 Å². The summed E-state index contributed by atoms with van der Waals surface area (Å²) in [5, 5.41) is 3.34. The molecule has 1 aliphatic heterocycles. The summed E-state index contributed by atoms with van der Waals surface area (Å²) >= 11 is 0. The Morgan fingerprint density at radius 1 is 1.69 bits per heavy atom. The molecule has 2 atom stereocenters. The number of nitrogens with one attached hydrogen (secondary N) is 1. The van der Waals surface area contributed by atoms with Crippen LogP contribution >= 0.6 is 0 Å². The zero-order chi connectivity index (χ0) is 9.52. The highest BCUT2D eigenvalue weighted by Crippen LogP contribution is 2.18. The van der Waals surface area contributed by atoms with Gasteiger partial charge in [-0.15, -0.1) is 6.58 Å². The number of hydrogen-bond acceptors (Lipinski definition) is 2. The zero-order valence-electron chi connectivity index (χ0n) is 8.59. The second-order valence-corrected chi connectivity index (χ2v) is 3.72. The standard InChI is InChI=1S/C11H21NO/c1-3-4-6-10(12-2)9-11-7-5-8-13-11/h3,10-12H,1,4-9H2,2H3. The van der Waals surface area contributed by atoms with Gasteiger partial charge in [0.15, 0.2) is 0 Å². The van der Waals surface area contributed by atoms with Crippen LogP contribution < -0.4 is 5.32 Å². The normalized spacial score (nSPS) is 24.5. The molecule has 2 unspecified atom stereocenters. The monoisotopic (exact) mass is 183 g/mol. The van der Waals surface area contributed by atoms with E-state index in [9.17, 15) is 0 Å². The van der Waals surface area contributed by atoms with Crippen molar-refractivity contribution in [2.24, 2.45) is 0 Å². The number of hydrogen-bond donors (Lipinski definition) is 1. The summed E-state index contributed by atoms with van der Waals surface area (Å²) in [6.45, 7) is 4.70. The second-order valence-electron chi connectivity index (χ2n) is 3.72. The average molecular weight is 183 g/mol. The third-order valence-electron chi connectivity index (χ3n) is 2.70. The smallest absolute Gasteiger partial charge is 0.0590 e. The molecule has 1 rings (SSSR count). The molecule has 2 heteroatoms. The van der Waals surface area contributed by atoms with Gasteiger partial charge in [-0.2, -0.15) is 0 Å². The molecule has 1 heterocycles. The van der Waals surface area contributed by atoms with Crippen molar-refractivity contribution in [2.75, 3.05) is 13.7 Å². The maximum absolute atomic E-state index is 5.60. The molecule has 0 radical (unpaired) electrons. The van der Waals surface area contributed by atoms with Gasteiger partial charge in [-0.05, 0) is 39.2 Å². The molecule has 0 aromatic rings.